The van der Waals surface area contributed by atoms with E-state index in [1.807, 2.05) is 37.3 Å². The molecule has 3 aromatic carbocycles. The first kappa shape index (κ1) is 24.4. The van der Waals surface area contributed by atoms with Crippen molar-refractivity contribution >= 4 is 40.0 Å². The number of hydrogen-bond acceptors (Lipinski definition) is 5. The van der Waals surface area contributed by atoms with Crippen LogP contribution in [-0.4, -0.2) is 22.1 Å². The van der Waals surface area contributed by atoms with Gasteiger partial charge in [0.2, 0.25) is 5.89 Å². The number of nitrogens with zero attached hydrogens (tertiary/aromatic N) is 1. The predicted octanol–water partition coefficient (Wildman–Crippen LogP) is 6.92. The van der Waals surface area contributed by atoms with Crippen LogP contribution in [0.25, 0.3) is 22.6 Å². The summed E-state index contributed by atoms with van der Waals surface area (Å²) < 4.78 is 11.7. The number of aromatic nitrogens is 1. The summed E-state index contributed by atoms with van der Waals surface area (Å²) >= 11 is 5.32. The Morgan fingerprint density at radius 1 is 1.03 bits per heavy atom. The quantitative estimate of drug-likeness (QED) is 0.276. The number of carbonyl (C=O) groups is 1. The van der Waals surface area contributed by atoms with Crippen molar-refractivity contribution in [3.63, 3.8) is 0 Å². The summed E-state index contributed by atoms with van der Waals surface area (Å²) in [7, 11) is 0. The lowest BCUT2D eigenvalue weighted by atomic mass is 10.0. The molecule has 35 heavy (non-hydrogen) atoms. The highest BCUT2D eigenvalue weighted by Crippen LogP contribution is 2.27. The minimum Gasteiger partial charge on any atom is -0.491 e. The molecule has 180 valence electrons. The number of anilines is 1. The maximum Gasteiger partial charge on any atom is 0.257 e. The largest absolute Gasteiger partial charge is 0.491 e. The third kappa shape index (κ3) is 6.05. The third-order valence-electron chi connectivity index (χ3n) is 5.72. The lowest BCUT2D eigenvalue weighted by molar-refractivity contribution is 0.0977. The summed E-state index contributed by atoms with van der Waals surface area (Å²) in [5, 5.41) is 5.95. The van der Waals surface area contributed by atoms with Gasteiger partial charge in [0.25, 0.3) is 5.91 Å². The molecule has 0 aliphatic heterocycles. The summed E-state index contributed by atoms with van der Waals surface area (Å²) in [6, 6.07) is 20.6. The van der Waals surface area contributed by atoms with Crippen LogP contribution >= 0.6 is 12.2 Å². The zero-order chi connectivity index (χ0) is 24.9. The number of oxazole rings is 1. The van der Waals surface area contributed by atoms with Gasteiger partial charge in [0, 0.05) is 16.8 Å². The van der Waals surface area contributed by atoms with Crippen LogP contribution in [0.4, 0.5) is 5.69 Å². The molecule has 1 heterocycles. The molecule has 1 unspecified atom stereocenters. The van der Waals surface area contributed by atoms with Gasteiger partial charge in [-0.05, 0) is 97.7 Å². The second-order valence-electron chi connectivity index (χ2n) is 8.75. The van der Waals surface area contributed by atoms with Gasteiger partial charge >= 0.3 is 0 Å². The fourth-order valence-electron chi connectivity index (χ4n) is 3.46. The highest BCUT2D eigenvalue weighted by atomic mass is 32.1. The summed E-state index contributed by atoms with van der Waals surface area (Å²) in [6.45, 7) is 8.37. The van der Waals surface area contributed by atoms with E-state index in [-0.39, 0.29) is 17.1 Å². The van der Waals surface area contributed by atoms with E-state index in [1.54, 1.807) is 24.3 Å². The second-order valence-corrected chi connectivity index (χ2v) is 9.16. The predicted molar refractivity (Wildman–Crippen MR) is 144 cm³/mol. The highest BCUT2D eigenvalue weighted by Gasteiger charge is 2.12. The van der Waals surface area contributed by atoms with Crippen molar-refractivity contribution in [1.82, 2.24) is 10.3 Å². The summed E-state index contributed by atoms with van der Waals surface area (Å²) in [5.41, 5.74) is 4.93. The first-order valence-corrected chi connectivity index (χ1v) is 12.1. The van der Waals surface area contributed by atoms with Crippen molar-refractivity contribution < 1.29 is 13.9 Å². The lowest BCUT2D eigenvalue weighted by Crippen LogP contribution is -2.34. The van der Waals surface area contributed by atoms with E-state index >= 15 is 0 Å². The summed E-state index contributed by atoms with van der Waals surface area (Å²) in [5.74, 6) is 1.43. The average molecular weight is 488 g/mol. The fourth-order valence-corrected chi connectivity index (χ4v) is 3.67. The van der Waals surface area contributed by atoms with E-state index in [0.717, 1.165) is 34.5 Å². The Bertz CT molecular complexity index is 1330. The third-order valence-corrected chi connectivity index (χ3v) is 5.93. The normalized spacial score (nSPS) is 11.9. The molecule has 4 rings (SSSR count). The highest BCUT2D eigenvalue weighted by molar-refractivity contribution is 7.80. The number of rotatable bonds is 7. The minimum atomic E-state index is -0.290. The molecule has 1 atom stereocenters. The summed E-state index contributed by atoms with van der Waals surface area (Å²) in [6.07, 6.45) is 1.04. The number of fused-ring (bicyclic) bond motifs is 1. The number of hydrogen-bond donors (Lipinski definition) is 2. The first-order valence-electron chi connectivity index (χ1n) is 11.7. The van der Waals surface area contributed by atoms with Crippen LogP contribution < -0.4 is 15.4 Å². The van der Waals surface area contributed by atoms with E-state index in [2.05, 4.69) is 48.5 Å². The zero-order valence-corrected chi connectivity index (χ0v) is 21.1. The molecule has 0 aliphatic rings. The van der Waals surface area contributed by atoms with Crippen molar-refractivity contribution in [1.29, 1.82) is 0 Å². The van der Waals surface area contributed by atoms with Gasteiger partial charge in [-0.15, -0.1) is 0 Å². The molecule has 0 fully saturated rings. The minimum absolute atomic E-state index is 0.123. The van der Waals surface area contributed by atoms with E-state index in [4.69, 9.17) is 21.4 Å². The van der Waals surface area contributed by atoms with Crippen molar-refractivity contribution in [3.05, 3.63) is 77.9 Å². The first-order chi connectivity index (χ1) is 16.8. The Balaban J connectivity index is 1.36. The van der Waals surface area contributed by atoms with E-state index < -0.39 is 0 Å². The lowest BCUT2D eigenvalue weighted by Gasteiger charge is -2.13. The van der Waals surface area contributed by atoms with Gasteiger partial charge in [-0.3, -0.25) is 10.1 Å². The van der Waals surface area contributed by atoms with Crippen LogP contribution in [0.2, 0.25) is 0 Å². The Morgan fingerprint density at radius 2 is 1.74 bits per heavy atom. The zero-order valence-electron chi connectivity index (χ0n) is 20.3. The molecule has 4 aromatic rings. The number of nitrogens with one attached hydrogen (secondary N) is 2. The molecule has 0 aliphatic carbocycles. The van der Waals surface area contributed by atoms with Crippen molar-refractivity contribution in [2.45, 2.75) is 46.1 Å². The molecule has 2 N–H and O–H groups in total. The van der Waals surface area contributed by atoms with Crippen molar-refractivity contribution in [3.8, 4) is 17.2 Å². The molecule has 0 radical (unpaired) electrons. The van der Waals surface area contributed by atoms with E-state index in [1.165, 1.54) is 5.56 Å². The topological polar surface area (TPSA) is 76.4 Å². The van der Waals surface area contributed by atoms with Crippen LogP contribution in [0.1, 0.15) is 56.0 Å². The van der Waals surface area contributed by atoms with Crippen molar-refractivity contribution in [2.75, 3.05) is 5.32 Å². The number of carbonyl (C=O) groups excluding carboxylic acids is 1. The molecule has 7 heteroatoms. The molecule has 1 aromatic heterocycles. The molecule has 0 saturated heterocycles. The Morgan fingerprint density at radius 3 is 2.40 bits per heavy atom. The molecule has 0 bridgehead atoms. The summed E-state index contributed by atoms with van der Waals surface area (Å²) in [4.78, 5) is 17.2. The van der Waals surface area contributed by atoms with Gasteiger partial charge < -0.3 is 14.5 Å². The molecular formula is C28H29N3O3S. The van der Waals surface area contributed by atoms with Crippen LogP contribution in [0.15, 0.2) is 71.1 Å². The smallest absolute Gasteiger partial charge is 0.257 e. The van der Waals surface area contributed by atoms with Gasteiger partial charge in [0.1, 0.15) is 11.3 Å². The number of benzene rings is 3. The van der Waals surface area contributed by atoms with E-state index in [9.17, 15) is 4.79 Å². The van der Waals surface area contributed by atoms with Gasteiger partial charge in [-0.25, -0.2) is 4.98 Å². The SMILES string of the molecule is CCC(C)Oc1ccc(C(=O)NC(=S)Nc2ccc(-c3nc4cc(C(C)C)ccc4o3)cc2)cc1. The standard InChI is InChI=1S/C28H29N3O3S/c1-5-18(4)33-23-13-8-19(9-14-23)26(32)31-28(35)29-22-11-6-20(7-12-22)27-30-24-16-21(17(2)3)10-15-25(24)34-27/h6-18H,5H2,1-4H3,(H2,29,31,32,35). The van der Waals surface area contributed by atoms with Crippen LogP contribution in [0.3, 0.4) is 0 Å². The van der Waals surface area contributed by atoms with Gasteiger partial charge in [-0.1, -0.05) is 26.8 Å². The fraction of sp³-hybridized carbons (Fsp3) is 0.250. The molecule has 1 amide bonds. The maximum absolute atomic E-state index is 12.5. The van der Waals surface area contributed by atoms with Crippen molar-refractivity contribution in [2.24, 2.45) is 0 Å². The van der Waals surface area contributed by atoms with Crippen LogP contribution in [0.5, 0.6) is 5.75 Å². The van der Waals surface area contributed by atoms with Gasteiger partial charge in [0.05, 0.1) is 6.10 Å². The molecule has 0 spiro atoms. The monoisotopic (exact) mass is 487 g/mol. The maximum atomic E-state index is 12.5. The number of amides is 1. The molecular weight excluding hydrogens is 458 g/mol. The number of thiocarbonyl (C=S) groups is 1. The van der Waals surface area contributed by atoms with Gasteiger partial charge in [-0.2, -0.15) is 0 Å². The Hall–Kier alpha value is -3.71. The second kappa shape index (κ2) is 10.7. The number of ether oxygens (including phenoxy) is 1. The molecule has 0 saturated carbocycles. The average Bonchev–Trinajstić information content (AvgIpc) is 3.28. The van der Waals surface area contributed by atoms with Crippen LogP contribution in [0, 0.1) is 0 Å². The van der Waals surface area contributed by atoms with E-state index in [0.29, 0.717) is 17.4 Å². The Labute approximate surface area is 210 Å². The van der Waals surface area contributed by atoms with Crippen LogP contribution in [-0.2, 0) is 0 Å². The Kier molecular flexibility index (Phi) is 7.46. The van der Waals surface area contributed by atoms with Gasteiger partial charge in [0.15, 0.2) is 10.7 Å². The molecule has 6 nitrogen and oxygen atoms in total.